The summed E-state index contributed by atoms with van der Waals surface area (Å²) in [5, 5.41) is 0.616. The summed E-state index contributed by atoms with van der Waals surface area (Å²) in [5.74, 6) is 0.496. The Morgan fingerprint density at radius 3 is 2.81 bits per heavy atom. The minimum atomic E-state index is 0.0726. The van der Waals surface area contributed by atoms with Gasteiger partial charge < -0.3 is 15.2 Å². The summed E-state index contributed by atoms with van der Waals surface area (Å²) in [6.07, 6.45) is 5.17. The van der Waals surface area contributed by atoms with Crippen LogP contribution in [-0.2, 0) is 0 Å². The Kier molecular flexibility index (Phi) is 5.33. The fourth-order valence-corrected chi connectivity index (χ4v) is 3.63. The summed E-state index contributed by atoms with van der Waals surface area (Å²) in [6, 6.07) is 2.25. The van der Waals surface area contributed by atoms with E-state index in [4.69, 9.17) is 17.3 Å². The smallest absolute Gasteiger partial charge is 0.270 e. The Morgan fingerprint density at radius 1 is 1.52 bits per heavy atom. The maximum absolute atomic E-state index is 13.0. The monoisotopic (exact) mass is 311 g/mol. The van der Waals surface area contributed by atoms with Gasteiger partial charge in [0.1, 0.15) is 5.69 Å². The number of nitrogens with two attached hydrogens (primary N) is 1. The molecule has 1 fully saturated rings. The Bertz CT molecular complexity index is 498. The molecule has 0 aliphatic heterocycles. The molecule has 0 radical (unpaired) electrons. The molecule has 1 aromatic rings. The molecule has 118 valence electrons. The molecule has 0 saturated heterocycles. The quantitative estimate of drug-likeness (QED) is 0.907. The van der Waals surface area contributed by atoms with Crippen LogP contribution < -0.4 is 5.73 Å². The van der Waals surface area contributed by atoms with Gasteiger partial charge in [0.15, 0.2) is 0 Å². The van der Waals surface area contributed by atoms with Crippen molar-refractivity contribution in [3.8, 4) is 0 Å². The van der Waals surface area contributed by atoms with Crippen LogP contribution >= 0.6 is 11.6 Å². The number of amides is 1. The lowest BCUT2D eigenvalue weighted by atomic mass is 10.0. The minimum Gasteiger partial charge on any atom is -0.339 e. The Labute approximate surface area is 132 Å². The zero-order chi connectivity index (χ0) is 15.6. The average molecular weight is 312 g/mol. The van der Waals surface area contributed by atoms with Crippen molar-refractivity contribution >= 4 is 17.5 Å². The molecule has 1 aromatic heterocycles. The van der Waals surface area contributed by atoms with Crippen LogP contribution in [0.5, 0.6) is 0 Å². The first kappa shape index (κ1) is 16.4. The van der Waals surface area contributed by atoms with Crippen molar-refractivity contribution in [2.24, 2.45) is 11.7 Å². The van der Waals surface area contributed by atoms with Crippen LogP contribution in [-0.4, -0.2) is 34.5 Å². The largest absolute Gasteiger partial charge is 0.339 e. The molecule has 2 N–H and O–H groups in total. The zero-order valence-corrected chi connectivity index (χ0v) is 13.9. The molecule has 1 saturated carbocycles. The summed E-state index contributed by atoms with van der Waals surface area (Å²) in [4.78, 5) is 14.9. The lowest BCUT2D eigenvalue weighted by Gasteiger charge is -2.32. The third kappa shape index (κ3) is 3.27. The number of carbonyl (C=O) groups is 1. The van der Waals surface area contributed by atoms with Gasteiger partial charge in [0.2, 0.25) is 0 Å². The summed E-state index contributed by atoms with van der Waals surface area (Å²) in [7, 11) is 0. The van der Waals surface area contributed by atoms with E-state index < -0.39 is 0 Å². The second-order valence-electron chi connectivity index (χ2n) is 6.13. The topological polar surface area (TPSA) is 51.3 Å². The summed E-state index contributed by atoms with van der Waals surface area (Å²) < 4.78 is 1.96. The fraction of sp³-hybridized carbons (Fsp3) is 0.688. The SMILES string of the molecule is CCN(C(=O)c1cc(Cl)cn1C(C)C)C1CCCC1CN. The van der Waals surface area contributed by atoms with Crippen LogP contribution in [0.3, 0.4) is 0 Å². The summed E-state index contributed by atoms with van der Waals surface area (Å²) in [5.41, 5.74) is 6.55. The Hall–Kier alpha value is -1.00. The molecule has 0 bridgehead atoms. The van der Waals surface area contributed by atoms with E-state index in [1.165, 1.54) is 0 Å². The average Bonchev–Trinajstić information content (AvgIpc) is 3.05. The van der Waals surface area contributed by atoms with Crippen LogP contribution in [0.4, 0.5) is 0 Å². The summed E-state index contributed by atoms with van der Waals surface area (Å²) in [6.45, 7) is 7.51. The van der Waals surface area contributed by atoms with E-state index in [0.29, 0.717) is 29.7 Å². The second kappa shape index (κ2) is 6.84. The molecule has 1 heterocycles. The summed E-state index contributed by atoms with van der Waals surface area (Å²) >= 11 is 6.11. The van der Waals surface area contributed by atoms with Crippen molar-refractivity contribution in [1.82, 2.24) is 9.47 Å². The first-order chi connectivity index (χ1) is 9.99. The van der Waals surface area contributed by atoms with Crippen LogP contribution in [0.15, 0.2) is 12.3 Å². The number of hydrogen-bond acceptors (Lipinski definition) is 2. The van der Waals surface area contributed by atoms with Gasteiger partial charge in [-0.3, -0.25) is 4.79 Å². The van der Waals surface area contributed by atoms with E-state index in [2.05, 4.69) is 13.8 Å². The third-order valence-corrected chi connectivity index (χ3v) is 4.72. The van der Waals surface area contributed by atoms with E-state index in [-0.39, 0.29) is 18.0 Å². The van der Waals surface area contributed by atoms with Gasteiger partial charge in [0, 0.05) is 24.8 Å². The molecular formula is C16H26ClN3O. The highest BCUT2D eigenvalue weighted by Gasteiger charge is 2.34. The molecule has 0 spiro atoms. The predicted octanol–water partition coefficient (Wildman–Crippen LogP) is 3.31. The van der Waals surface area contributed by atoms with E-state index in [9.17, 15) is 4.79 Å². The van der Waals surface area contributed by atoms with Gasteiger partial charge in [0.25, 0.3) is 5.91 Å². The molecule has 0 aromatic carbocycles. The number of hydrogen-bond donors (Lipinski definition) is 1. The number of halogens is 1. The zero-order valence-electron chi connectivity index (χ0n) is 13.2. The first-order valence-electron chi connectivity index (χ1n) is 7.88. The van der Waals surface area contributed by atoms with Gasteiger partial charge in [-0.15, -0.1) is 0 Å². The van der Waals surface area contributed by atoms with Crippen molar-refractivity contribution < 1.29 is 4.79 Å². The molecule has 4 nitrogen and oxygen atoms in total. The highest BCUT2D eigenvalue weighted by molar-refractivity contribution is 6.31. The predicted molar refractivity (Wildman–Crippen MR) is 86.7 cm³/mol. The van der Waals surface area contributed by atoms with Gasteiger partial charge >= 0.3 is 0 Å². The first-order valence-corrected chi connectivity index (χ1v) is 8.25. The fourth-order valence-electron chi connectivity index (χ4n) is 3.42. The van der Waals surface area contributed by atoms with Crippen molar-refractivity contribution in [1.29, 1.82) is 0 Å². The highest BCUT2D eigenvalue weighted by atomic mass is 35.5. The molecule has 5 heteroatoms. The highest BCUT2D eigenvalue weighted by Crippen LogP contribution is 2.31. The third-order valence-electron chi connectivity index (χ3n) is 4.51. The van der Waals surface area contributed by atoms with E-state index in [1.807, 2.05) is 22.6 Å². The molecule has 2 unspecified atom stereocenters. The van der Waals surface area contributed by atoms with Crippen molar-refractivity contribution in [2.75, 3.05) is 13.1 Å². The van der Waals surface area contributed by atoms with Crippen molar-refractivity contribution in [3.63, 3.8) is 0 Å². The normalized spacial score (nSPS) is 22.0. The van der Waals surface area contributed by atoms with E-state index in [1.54, 1.807) is 6.07 Å². The van der Waals surface area contributed by atoms with Crippen LogP contribution in [0.1, 0.15) is 56.6 Å². The van der Waals surface area contributed by atoms with Crippen LogP contribution in [0.2, 0.25) is 5.02 Å². The van der Waals surface area contributed by atoms with Gasteiger partial charge in [-0.05, 0) is 52.1 Å². The number of carbonyl (C=O) groups excluding carboxylic acids is 1. The molecule has 1 amide bonds. The molecule has 21 heavy (non-hydrogen) atoms. The molecule has 1 aliphatic carbocycles. The maximum Gasteiger partial charge on any atom is 0.270 e. The van der Waals surface area contributed by atoms with Crippen LogP contribution in [0.25, 0.3) is 0 Å². The van der Waals surface area contributed by atoms with Gasteiger partial charge in [-0.1, -0.05) is 18.0 Å². The molecular weight excluding hydrogens is 286 g/mol. The number of aromatic nitrogens is 1. The van der Waals surface area contributed by atoms with E-state index in [0.717, 1.165) is 19.3 Å². The second-order valence-corrected chi connectivity index (χ2v) is 6.57. The standard InChI is InChI=1S/C16H26ClN3O/c1-4-19(14-7-5-6-12(14)9-18)16(21)15-8-13(17)10-20(15)11(2)3/h8,10-12,14H,4-7,9,18H2,1-3H3. The lowest BCUT2D eigenvalue weighted by molar-refractivity contribution is 0.0639. The Balaban J connectivity index is 2.28. The van der Waals surface area contributed by atoms with Gasteiger partial charge in [-0.25, -0.2) is 0 Å². The van der Waals surface area contributed by atoms with Crippen LogP contribution in [0, 0.1) is 5.92 Å². The van der Waals surface area contributed by atoms with E-state index >= 15 is 0 Å². The Morgan fingerprint density at radius 2 is 2.24 bits per heavy atom. The molecule has 2 atom stereocenters. The van der Waals surface area contributed by atoms with Gasteiger partial charge in [-0.2, -0.15) is 0 Å². The number of rotatable bonds is 5. The van der Waals surface area contributed by atoms with Crippen molar-refractivity contribution in [3.05, 3.63) is 23.0 Å². The molecule has 2 rings (SSSR count). The minimum absolute atomic E-state index is 0.0726. The van der Waals surface area contributed by atoms with Crippen molar-refractivity contribution in [2.45, 2.75) is 52.1 Å². The number of nitrogens with zero attached hydrogens (tertiary/aromatic N) is 2. The maximum atomic E-state index is 13.0. The molecule has 1 aliphatic rings. The van der Waals surface area contributed by atoms with Gasteiger partial charge in [0.05, 0.1) is 5.02 Å². The lowest BCUT2D eigenvalue weighted by Crippen LogP contribution is -2.44.